The number of rotatable bonds is 1. The zero-order chi connectivity index (χ0) is 11.6. The van der Waals surface area contributed by atoms with E-state index in [4.69, 9.17) is 11.0 Å². The van der Waals surface area contributed by atoms with E-state index in [0.29, 0.717) is 0 Å². The molecule has 15 heavy (non-hydrogen) atoms. The van der Waals surface area contributed by atoms with Crippen molar-refractivity contribution in [2.45, 2.75) is 13.3 Å². The molecule has 1 aromatic heterocycles. The second-order valence-electron chi connectivity index (χ2n) is 2.67. The molecule has 0 spiro atoms. The van der Waals surface area contributed by atoms with Gasteiger partial charge in [-0.15, -0.1) is 13.2 Å². The van der Waals surface area contributed by atoms with Gasteiger partial charge < -0.3 is 10.5 Å². The van der Waals surface area contributed by atoms with Crippen molar-refractivity contribution in [3.05, 3.63) is 17.3 Å². The van der Waals surface area contributed by atoms with Gasteiger partial charge in [-0.1, -0.05) is 0 Å². The molecule has 2 N–H and O–H groups in total. The summed E-state index contributed by atoms with van der Waals surface area (Å²) in [6.07, 6.45) is -3.92. The lowest BCUT2D eigenvalue weighted by molar-refractivity contribution is -0.274. The van der Waals surface area contributed by atoms with Crippen molar-refractivity contribution in [3.8, 4) is 11.8 Å². The van der Waals surface area contributed by atoms with E-state index in [1.807, 2.05) is 0 Å². The van der Waals surface area contributed by atoms with Gasteiger partial charge in [0.05, 0.1) is 6.20 Å². The van der Waals surface area contributed by atoms with E-state index in [1.165, 1.54) is 6.92 Å². The molecule has 1 rings (SSSR count). The maximum Gasteiger partial charge on any atom is 0.573 e. The van der Waals surface area contributed by atoms with Gasteiger partial charge in [0.15, 0.2) is 5.75 Å². The molecule has 0 unspecified atom stereocenters. The number of halogens is 3. The molecule has 0 bridgehead atoms. The van der Waals surface area contributed by atoms with Gasteiger partial charge in [0, 0.05) is 5.56 Å². The Balaban J connectivity index is 3.26. The van der Waals surface area contributed by atoms with Crippen LogP contribution in [0.3, 0.4) is 0 Å². The number of pyridine rings is 1. The zero-order valence-electron chi connectivity index (χ0n) is 7.59. The van der Waals surface area contributed by atoms with Crippen molar-refractivity contribution in [1.29, 1.82) is 5.26 Å². The summed E-state index contributed by atoms with van der Waals surface area (Å²) in [7, 11) is 0. The Morgan fingerprint density at radius 2 is 2.13 bits per heavy atom. The first-order chi connectivity index (χ1) is 6.85. The summed E-state index contributed by atoms with van der Waals surface area (Å²) >= 11 is 0. The van der Waals surface area contributed by atoms with Gasteiger partial charge in [-0.05, 0) is 6.92 Å². The zero-order valence-corrected chi connectivity index (χ0v) is 7.59. The van der Waals surface area contributed by atoms with Crippen LogP contribution in [0, 0.1) is 18.3 Å². The highest BCUT2D eigenvalue weighted by atomic mass is 19.4. The summed E-state index contributed by atoms with van der Waals surface area (Å²) in [5.74, 6) is -0.703. The number of alkyl halides is 3. The third-order valence-corrected chi connectivity index (χ3v) is 1.64. The molecule has 0 aromatic carbocycles. The Morgan fingerprint density at radius 3 is 2.60 bits per heavy atom. The van der Waals surface area contributed by atoms with Crippen molar-refractivity contribution in [2.24, 2.45) is 0 Å². The molecule has 1 heterocycles. The molecule has 0 radical (unpaired) electrons. The van der Waals surface area contributed by atoms with E-state index < -0.39 is 12.1 Å². The smallest absolute Gasteiger partial charge is 0.404 e. The first kappa shape index (κ1) is 11.1. The van der Waals surface area contributed by atoms with Crippen LogP contribution in [0.1, 0.15) is 11.1 Å². The Hall–Kier alpha value is -1.97. The largest absolute Gasteiger partial charge is 0.573 e. The normalized spacial score (nSPS) is 10.9. The first-order valence-electron chi connectivity index (χ1n) is 3.76. The van der Waals surface area contributed by atoms with Crippen molar-refractivity contribution in [1.82, 2.24) is 4.98 Å². The molecule has 80 valence electrons. The predicted octanol–water partition coefficient (Wildman–Crippen LogP) is 1.74. The van der Waals surface area contributed by atoms with E-state index in [-0.39, 0.29) is 16.9 Å². The SMILES string of the molecule is Cc1c(N)ncc(C#N)c1OC(F)(F)F. The van der Waals surface area contributed by atoms with E-state index >= 15 is 0 Å². The van der Waals surface area contributed by atoms with Gasteiger partial charge in [-0.25, -0.2) is 4.98 Å². The van der Waals surface area contributed by atoms with Crippen LogP contribution >= 0.6 is 0 Å². The standard InChI is InChI=1S/C8H6F3N3O/c1-4-6(15-8(9,10)11)5(2-12)3-14-7(4)13/h3H,1H3,(H2,13,14). The fourth-order valence-electron chi connectivity index (χ4n) is 0.935. The number of anilines is 1. The fourth-order valence-corrected chi connectivity index (χ4v) is 0.935. The lowest BCUT2D eigenvalue weighted by Gasteiger charge is -2.13. The van der Waals surface area contributed by atoms with Gasteiger partial charge in [0.1, 0.15) is 17.5 Å². The summed E-state index contributed by atoms with van der Waals surface area (Å²) in [6, 6.07) is 1.54. The van der Waals surface area contributed by atoms with Crippen molar-refractivity contribution < 1.29 is 17.9 Å². The second kappa shape index (κ2) is 3.65. The van der Waals surface area contributed by atoms with Crippen LogP contribution in [0.2, 0.25) is 0 Å². The predicted molar refractivity (Wildman–Crippen MR) is 44.8 cm³/mol. The number of nitriles is 1. The molecule has 0 saturated heterocycles. The number of nitrogen functional groups attached to an aromatic ring is 1. The van der Waals surface area contributed by atoms with Crippen molar-refractivity contribution >= 4 is 5.82 Å². The quantitative estimate of drug-likeness (QED) is 0.777. The van der Waals surface area contributed by atoms with Crippen molar-refractivity contribution in [2.75, 3.05) is 5.73 Å². The lowest BCUT2D eigenvalue weighted by Crippen LogP contribution is -2.19. The third kappa shape index (κ3) is 2.49. The molecule has 0 saturated carbocycles. The van der Waals surface area contributed by atoms with Crippen LogP contribution in [0.15, 0.2) is 6.20 Å². The number of hydrogen-bond acceptors (Lipinski definition) is 4. The summed E-state index contributed by atoms with van der Waals surface area (Å²) in [4.78, 5) is 3.55. The number of nitrogens with two attached hydrogens (primary N) is 1. The van der Waals surface area contributed by atoms with E-state index in [1.54, 1.807) is 6.07 Å². The van der Waals surface area contributed by atoms with Crippen LogP contribution in [-0.2, 0) is 0 Å². The second-order valence-corrected chi connectivity index (χ2v) is 2.67. The number of hydrogen-bond donors (Lipinski definition) is 1. The molecule has 4 nitrogen and oxygen atoms in total. The fraction of sp³-hybridized carbons (Fsp3) is 0.250. The Kier molecular flexibility index (Phi) is 2.70. The monoisotopic (exact) mass is 217 g/mol. The Bertz CT molecular complexity index is 422. The third-order valence-electron chi connectivity index (χ3n) is 1.64. The summed E-state index contributed by atoms with van der Waals surface area (Å²) in [6.45, 7) is 1.30. The topological polar surface area (TPSA) is 71.9 Å². The van der Waals surface area contributed by atoms with Crippen LogP contribution in [0.4, 0.5) is 19.0 Å². The molecule has 0 aliphatic carbocycles. The molecular formula is C8H6F3N3O. The van der Waals surface area contributed by atoms with Crippen LogP contribution < -0.4 is 10.5 Å². The summed E-state index contributed by atoms with van der Waals surface area (Å²) in [5, 5.41) is 8.55. The molecule has 0 aliphatic heterocycles. The van der Waals surface area contributed by atoms with Crippen LogP contribution in [-0.4, -0.2) is 11.3 Å². The molecule has 1 aromatic rings. The maximum atomic E-state index is 12.0. The van der Waals surface area contributed by atoms with Gasteiger partial charge in [-0.2, -0.15) is 5.26 Å². The van der Waals surface area contributed by atoms with Gasteiger partial charge >= 0.3 is 6.36 Å². The van der Waals surface area contributed by atoms with E-state index in [2.05, 4.69) is 9.72 Å². The average Bonchev–Trinajstić information content (AvgIpc) is 2.11. The highest BCUT2D eigenvalue weighted by Crippen LogP contribution is 2.31. The highest BCUT2D eigenvalue weighted by Gasteiger charge is 2.33. The highest BCUT2D eigenvalue weighted by molar-refractivity contribution is 5.55. The number of ether oxygens (including phenoxy) is 1. The van der Waals surface area contributed by atoms with E-state index in [9.17, 15) is 13.2 Å². The summed E-state index contributed by atoms with van der Waals surface area (Å²) in [5.41, 5.74) is 4.98. The number of nitrogens with zero attached hydrogens (tertiary/aromatic N) is 2. The minimum absolute atomic E-state index is 0.00799. The maximum absolute atomic E-state index is 12.0. The minimum Gasteiger partial charge on any atom is -0.404 e. The van der Waals surface area contributed by atoms with Crippen LogP contribution in [0.5, 0.6) is 5.75 Å². The Labute approximate surface area is 83.1 Å². The molecular weight excluding hydrogens is 211 g/mol. The number of aromatic nitrogens is 1. The lowest BCUT2D eigenvalue weighted by atomic mass is 10.2. The molecule has 0 fully saturated rings. The molecule has 0 aliphatic rings. The van der Waals surface area contributed by atoms with Crippen LogP contribution in [0.25, 0.3) is 0 Å². The molecule has 0 amide bonds. The average molecular weight is 217 g/mol. The Morgan fingerprint density at radius 1 is 1.53 bits per heavy atom. The first-order valence-corrected chi connectivity index (χ1v) is 3.76. The van der Waals surface area contributed by atoms with E-state index in [0.717, 1.165) is 6.20 Å². The molecule has 7 heteroatoms. The minimum atomic E-state index is -4.86. The molecule has 0 atom stereocenters. The van der Waals surface area contributed by atoms with Gasteiger partial charge in [0.25, 0.3) is 0 Å². The van der Waals surface area contributed by atoms with Crippen molar-refractivity contribution in [3.63, 3.8) is 0 Å². The summed E-state index contributed by atoms with van der Waals surface area (Å²) < 4.78 is 39.6. The van der Waals surface area contributed by atoms with Gasteiger partial charge in [-0.3, -0.25) is 0 Å². The van der Waals surface area contributed by atoms with Gasteiger partial charge in [0.2, 0.25) is 0 Å².